The molecule has 11 unspecified atom stereocenters. The second kappa shape index (κ2) is 12.7. The molecule has 276 valence electrons. The Morgan fingerprint density at radius 1 is 1.02 bits per heavy atom. The number of piperidine rings is 3. The van der Waals surface area contributed by atoms with Crippen LogP contribution in [0.5, 0.6) is 5.75 Å². The van der Waals surface area contributed by atoms with Gasteiger partial charge in [-0.2, -0.15) is 0 Å². The Kier molecular flexibility index (Phi) is 8.27. The summed E-state index contributed by atoms with van der Waals surface area (Å²) in [5, 5.41) is 5.15. The molecule has 11 atom stereocenters. The van der Waals surface area contributed by atoms with Gasteiger partial charge in [0.25, 0.3) is 0 Å². The van der Waals surface area contributed by atoms with E-state index in [0.717, 1.165) is 79.6 Å². The van der Waals surface area contributed by atoms with Gasteiger partial charge in [0, 0.05) is 77.4 Å². The Hall–Kier alpha value is -3.82. The summed E-state index contributed by atoms with van der Waals surface area (Å²) in [6, 6.07) is 13.6. The Labute approximate surface area is 307 Å². The molecule has 9 heteroatoms. The van der Waals surface area contributed by atoms with E-state index in [0.29, 0.717) is 11.8 Å². The second-order valence-corrected chi connectivity index (χ2v) is 16.7. The van der Waals surface area contributed by atoms with Gasteiger partial charge in [-0.3, -0.25) is 19.4 Å². The Morgan fingerprint density at radius 3 is 2.58 bits per heavy atom. The lowest BCUT2D eigenvalue weighted by Crippen LogP contribution is -2.67. The zero-order chi connectivity index (χ0) is 36.1. The molecule has 2 aliphatic carbocycles. The van der Waals surface area contributed by atoms with Crippen molar-refractivity contribution in [1.82, 2.24) is 14.8 Å². The maximum atomic E-state index is 14.2. The van der Waals surface area contributed by atoms with E-state index < -0.39 is 5.41 Å². The van der Waals surface area contributed by atoms with Gasteiger partial charge in [-0.25, -0.2) is 0 Å². The van der Waals surface area contributed by atoms with E-state index in [-0.39, 0.29) is 53.7 Å². The van der Waals surface area contributed by atoms with Crippen LogP contribution < -0.4 is 10.1 Å². The van der Waals surface area contributed by atoms with Crippen LogP contribution in [0.15, 0.2) is 48.0 Å². The van der Waals surface area contributed by atoms with Crippen LogP contribution in [0.4, 0.5) is 5.69 Å². The molecule has 6 bridgehead atoms. The van der Waals surface area contributed by atoms with Gasteiger partial charge in [-0.15, -0.1) is 0 Å². The SMILES string of the molecule is CC=C1CN(C)C2CC3c4ccccc4NC3C(c3cc4[nH]c5c(c4cc3OC)CCN3CC4CC(CC)C3C5(C(=O)OC)C4)CC1C2C(=O)OC. The number of hydrogen-bond donors (Lipinski definition) is 2. The monoisotopic (exact) mass is 706 g/mol. The molecule has 5 fully saturated rings. The van der Waals surface area contributed by atoms with Gasteiger partial charge in [0.05, 0.1) is 27.2 Å². The molecule has 3 saturated heterocycles. The number of fused-ring (bicyclic) bond motifs is 9. The molecule has 52 heavy (non-hydrogen) atoms. The highest BCUT2D eigenvalue weighted by molar-refractivity contribution is 5.93. The lowest BCUT2D eigenvalue weighted by Gasteiger charge is -2.57. The number of H-pyrrole nitrogens is 1. The van der Waals surface area contributed by atoms with Crippen molar-refractivity contribution in [3.05, 3.63) is 70.4 Å². The fourth-order valence-corrected chi connectivity index (χ4v) is 12.6. The van der Waals surface area contributed by atoms with E-state index in [9.17, 15) is 9.59 Å². The smallest absolute Gasteiger partial charge is 0.319 e. The van der Waals surface area contributed by atoms with Crippen LogP contribution in [0, 0.1) is 23.7 Å². The quantitative estimate of drug-likeness (QED) is 0.233. The van der Waals surface area contributed by atoms with Crippen molar-refractivity contribution in [1.29, 1.82) is 0 Å². The summed E-state index contributed by atoms with van der Waals surface area (Å²) >= 11 is 0. The number of ether oxygens (including phenoxy) is 3. The van der Waals surface area contributed by atoms with Gasteiger partial charge >= 0.3 is 11.9 Å². The van der Waals surface area contributed by atoms with E-state index in [2.05, 4.69) is 83.5 Å². The van der Waals surface area contributed by atoms with Crippen molar-refractivity contribution in [3.63, 3.8) is 0 Å². The zero-order valence-electron chi connectivity index (χ0n) is 31.5. The Balaban J connectivity index is 1.23. The van der Waals surface area contributed by atoms with Gasteiger partial charge in [0.1, 0.15) is 11.2 Å². The number of hydrogen-bond acceptors (Lipinski definition) is 8. The molecule has 2 aromatic carbocycles. The van der Waals surface area contributed by atoms with Crippen LogP contribution in [-0.2, 0) is 30.9 Å². The topological polar surface area (TPSA) is 96.1 Å². The van der Waals surface area contributed by atoms with Gasteiger partial charge in [-0.05, 0) is 93.2 Å². The van der Waals surface area contributed by atoms with E-state index >= 15 is 0 Å². The summed E-state index contributed by atoms with van der Waals surface area (Å²) in [5.41, 5.74) is 7.56. The molecule has 2 N–H and O–H groups in total. The molecule has 9 nitrogen and oxygen atoms in total. The molecule has 0 amide bonds. The zero-order valence-corrected chi connectivity index (χ0v) is 31.5. The lowest BCUT2D eigenvalue weighted by molar-refractivity contribution is -0.162. The van der Waals surface area contributed by atoms with Crippen molar-refractivity contribution >= 4 is 28.5 Å². The van der Waals surface area contributed by atoms with Crippen LogP contribution in [0.1, 0.15) is 80.2 Å². The second-order valence-electron chi connectivity index (χ2n) is 16.7. The number of anilines is 1. The molecule has 10 rings (SSSR count). The summed E-state index contributed by atoms with van der Waals surface area (Å²) in [6.45, 7) is 7.23. The number of methoxy groups -OCH3 is 3. The number of benzene rings is 2. The first kappa shape index (κ1) is 34.0. The third-order valence-corrected chi connectivity index (χ3v) is 14.6. The summed E-state index contributed by atoms with van der Waals surface area (Å²) in [5.74, 6) is 1.58. The minimum Gasteiger partial charge on any atom is -0.496 e. The first-order chi connectivity index (χ1) is 25.3. The Morgan fingerprint density at radius 2 is 1.83 bits per heavy atom. The van der Waals surface area contributed by atoms with Crippen LogP contribution in [0.25, 0.3) is 10.9 Å². The number of aromatic amines is 1. The third kappa shape index (κ3) is 4.73. The molecular formula is C43H54N4O5. The van der Waals surface area contributed by atoms with E-state index in [1.807, 2.05) is 0 Å². The highest BCUT2D eigenvalue weighted by Gasteiger charge is 2.63. The standard InChI is InChI=1S/C43H54N4O5/c1-7-24-15-23-20-43(42(49)52-6)39-27(13-14-47(21-23)40(24)43)29-19-36(50-4)30(17-34(29)45-39)31-16-28-25(8-2)22-46(3)35(37(28)41(48)51-5)18-32-26-11-9-10-12-33(26)44-38(31)32/h8-12,17,19,23-24,28,31-32,35,37-38,40,44-45H,7,13-16,18,20-22H2,1-6H3. The Bertz CT molecular complexity index is 1950. The number of carbonyl (C=O) groups excluding carboxylic acids is 2. The fraction of sp³-hybridized carbons (Fsp3) is 0.581. The highest BCUT2D eigenvalue weighted by atomic mass is 16.5. The minimum absolute atomic E-state index is 0.0354. The van der Waals surface area contributed by atoms with E-state index in [4.69, 9.17) is 14.2 Å². The summed E-state index contributed by atoms with van der Waals surface area (Å²) in [4.78, 5) is 37.0. The molecular weight excluding hydrogens is 652 g/mol. The molecule has 2 saturated carbocycles. The molecule has 1 aromatic heterocycles. The summed E-state index contributed by atoms with van der Waals surface area (Å²) < 4.78 is 17.7. The predicted octanol–water partition coefficient (Wildman–Crippen LogP) is 6.38. The van der Waals surface area contributed by atoms with Crippen LogP contribution in [0.3, 0.4) is 0 Å². The van der Waals surface area contributed by atoms with E-state index in [1.165, 1.54) is 35.9 Å². The minimum atomic E-state index is -0.716. The summed E-state index contributed by atoms with van der Waals surface area (Å²) in [7, 11) is 7.04. The molecule has 0 radical (unpaired) electrons. The highest BCUT2D eigenvalue weighted by Crippen LogP contribution is 2.57. The third-order valence-electron chi connectivity index (χ3n) is 14.6. The van der Waals surface area contributed by atoms with Crippen LogP contribution >= 0.6 is 0 Å². The molecule has 0 spiro atoms. The fourth-order valence-electron chi connectivity index (χ4n) is 12.6. The maximum absolute atomic E-state index is 14.2. The van der Waals surface area contributed by atoms with Gasteiger partial charge in [0.2, 0.25) is 0 Å². The maximum Gasteiger partial charge on any atom is 0.319 e. The largest absolute Gasteiger partial charge is 0.496 e. The first-order valence-electron chi connectivity index (χ1n) is 19.6. The number of nitrogens with zero attached hydrogens (tertiary/aromatic N) is 2. The predicted molar refractivity (Wildman–Crippen MR) is 202 cm³/mol. The number of aromatic nitrogens is 1. The van der Waals surface area contributed by atoms with Crippen LogP contribution in [-0.4, -0.2) is 92.9 Å². The van der Waals surface area contributed by atoms with Gasteiger partial charge in [0.15, 0.2) is 0 Å². The number of para-hydroxylation sites is 1. The van der Waals surface area contributed by atoms with Crippen molar-refractivity contribution in [3.8, 4) is 5.75 Å². The van der Waals surface area contributed by atoms with Crippen molar-refractivity contribution < 1.29 is 23.8 Å². The number of carbonyl (C=O) groups is 2. The van der Waals surface area contributed by atoms with Crippen molar-refractivity contribution in [2.24, 2.45) is 23.7 Å². The van der Waals surface area contributed by atoms with E-state index in [1.54, 1.807) is 14.2 Å². The van der Waals surface area contributed by atoms with Crippen LogP contribution in [0.2, 0.25) is 0 Å². The first-order valence-corrected chi connectivity index (χ1v) is 19.6. The number of nitrogens with one attached hydrogen (secondary N) is 2. The molecule has 7 aliphatic rings. The van der Waals surface area contributed by atoms with Gasteiger partial charge in [-0.1, -0.05) is 43.2 Å². The number of esters is 2. The van der Waals surface area contributed by atoms with Gasteiger partial charge < -0.3 is 24.5 Å². The molecule has 6 heterocycles. The number of allylic oxidation sites excluding steroid dienone is 1. The number of likely N-dealkylation sites (N-methyl/N-ethyl adjacent to an activating group) is 1. The van der Waals surface area contributed by atoms with Crippen molar-refractivity contribution in [2.45, 2.75) is 87.7 Å². The number of likely N-dealkylation sites (tertiary alicyclic amines) is 1. The average molecular weight is 707 g/mol. The average Bonchev–Trinajstić information content (AvgIpc) is 3.69. The molecule has 3 aromatic rings. The number of rotatable bonds is 5. The lowest BCUT2D eigenvalue weighted by atomic mass is 9.56. The normalized spacial score (nSPS) is 36.8. The van der Waals surface area contributed by atoms with Crippen molar-refractivity contribution in [2.75, 3.05) is 53.3 Å². The summed E-state index contributed by atoms with van der Waals surface area (Å²) in [6.07, 6.45) is 7.81. The molecule has 5 aliphatic heterocycles.